The first-order valence-electron chi connectivity index (χ1n) is 18.0. The van der Waals surface area contributed by atoms with Crippen molar-refractivity contribution in [2.24, 2.45) is 0 Å². The Morgan fingerprint density at radius 2 is 1.02 bits per heavy atom. The van der Waals surface area contributed by atoms with Gasteiger partial charge in [0, 0.05) is 33.4 Å². The Balaban J connectivity index is 1.16. The lowest BCUT2D eigenvalue weighted by Gasteiger charge is -2.32. The van der Waals surface area contributed by atoms with Gasteiger partial charge in [0.1, 0.15) is 11.2 Å². The third-order valence-corrected chi connectivity index (χ3v) is 11.4. The molecule has 0 fully saturated rings. The van der Waals surface area contributed by atoms with Gasteiger partial charge in [-0.2, -0.15) is 0 Å². The van der Waals surface area contributed by atoms with Crippen LogP contribution in [0.5, 0.6) is 0 Å². The lowest BCUT2D eigenvalue weighted by atomic mass is 9.70. The summed E-state index contributed by atoms with van der Waals surface area (Å²) in [7, 11) is 0. The van der Waals surface area contributed by atoms with Crippen molar-refractivity contribution in [1.82, 2.24) is 0 Å². The lowest BCUT2D eigenvalue weighted by Crippen LogP contribution is -2.26. The van der Waals surface area contributed by atoms with Gasteiger partial charge in [0.05, 0.1) is 5.41 Å². The van der Waals surface area contributed by atoms with E-state index in [4.69, 9.17) is 4.42 Å². The van der Waals surface area contributed by atoms with Gasteiger partial charge in [-0.25, -0.2) is 0 Å². The van der Waals surface area contributed by atoms with Gasteiger partial charge >= 0.3 is 0 Å². The number of para-hydroxylation sites is 2. The molecule has 0 saturated carbocycles. The molecule has 2 aliphatic rings. The summed E-state index contributed by atoms with van der Waals surface area (Å²) in [4.78, 5) is 2.39. The maximum atomic E-state index is 6.75. The topological polar surface area (TPSA) is 16.4 Å². The monoisotopic (exact) mass is 663 g/mol. The molecule has 0 amide bonds. The maximum absolute atomic E-state index is 6.75. The summed E-state index contributed by atoms with van der Waals surface area (Å²) in [6, 6.07) is 66.6. The first-order valence-corrected chi connectivity index (χ1v) is 18.0. The number of benzene rings is 8. The Morgan fingerprint density at radius 3 is 1.81 bits per heavy atom. The van der Waals surface area contributed by atoms with Gasteiger partial charge in [-0.3, -0.25) is 0 Å². The van der Waals surface area contributed by atoms with Crippen molar-refractivity contribution >= 4 is 39.0 Å². The fourth-order valence-electron chi connectivity index (χ4n) is 9.10. The summed E-state index contributed by atoms with van der Waals surface area (Å²) in [5.41, 5.74) is 18.6. The molecule has 11 rings (SSSR count). The minimum atomic E-state index is -0.501. The van der Waals surface area contributed by atoms with E-state index in [1.807, 2.05) is 0 Å². The largest absolute Gasteiger partial charge is 0.455 e. The zero-order valence-electron chi connectivity index (χ0n) is 28.7. The molecule has 2 aliphatic carbocycles. The van der Waals surface area contributed by atoms with Crippen LogP contribution in [0.25, 0.3) is 55.3 Å². The fraction of sp³-hybridized carbons (Fsp3) is 0.0400. The van der Waals surface area contributed by atoms with E-state index < -0.39 is 5.41 Å². The molecule has 1 unspecified atom stereocenters. The third kappa shape index (κ3) is 3.95. The second-order valence-electron chi connectivity index (χ2n) is 14.1. The molecule has 8 aromatic carbocycles. The molecule has 0 N–H and O–H groups in total. The molecule has 0 bridgehead atoms. The molecule has 0 aliphatic heterocycles. The second-order valence-corrected chi connectivity index (χ2v) is 14.1. The number of hydrogen-bond acceptors (Lipinski definition) is 2. The summed E-state index contributed by atoms with van der Waals surface area (Å²) in [5, 5.41) is 2.31. The lowest BCUT2D eigenvalue weighted by molar-refractivity contribution is 0.669. The Bertz CT molecular complexity index is 2850. The number of anilines is 3. The molecule has 52 heavy (non-hydrogen) atoms. The van der Waals surface area contributed by atoms with Gasteiger partial charge in [0.25, 0.3) is 0 Å². The summed E-state index contributed by atoms with van der Waals surface area (Å²) in [5.74, 6) is 0. The van der Waals surface area contributed by atoms with Crippen molar-refractivity contribution in [1.29, 1.82) is 0 Å². The number of nitrogens with zero attached hydrogens (tertiary/aromatic N) is 1. The van der Waals surface area contributed by atoms with Crippen LogP contribution in [0.15, 0.2) is 186 Å². The van der Waals surface area contributed by atoms with Crippen LogP contribution < -0.4 is 4.90 Å². The van der Waals surface area contributed by atoms with Gasteiger partial charge in [0.2, 0.25) is 0 Å². The SMILES string of the molecule is Cc1ccc(-c2ccc(N(c3ccccc3)c3ccc4c(c3)C3(c5ccccc5-4)c4ccccc4-c4c3ccc3c4oc4ccccc43)cc2)cc1. The first kappa shape index (κ1) is 29.1. The number of aryl methyl sites for hydroxylation is 1. The number of fused-ring (bicyclic) bond motifs is 14. The number of hydrogen-bond donors (Lipinski definition) is 0. The zero-order valence-corrected chi connectivity index (χ0v) is 28.7. The smallest absolute Gasteiger partial charge is 0.143 e. The van der Waals surface area contributed by atoms with Crippen molar-refractivity contribution in [2.45, 2.75) is 12.3 Å². The predicted molar refractivity (Wildman–Crippen MR) is 215 cm³/mol. The van der Waals surface area contributed by atoms with E-state index in [2.05, 4.69) is 194 Å². The summed E-state index contributed by atoms with van der Waals surface area (Å²) in [6.45, 7) is 2.13. The van der Waals surface area contributed by atoms with Crippen molar-refractivity contribution in [3.8, 4) is 33.4 Å². The van der Waals surface area contributed by atoms with E-state index in [1.54, 1.807) is 0 Å². The molecule has 0 radical (unpaired) electrons. The minimum absolute atomic E-state index is 0.501. The van der Waals surface area contributed by atoms with Crippen LogP contribution in [0.1, 0.15) is 27.8 Å². The molecular formula is C50H33NO. The van der Waals surface area contributed by atoms with Gasteiger partial charge in [-0.15, -0.1) is 0 Å². The summed E-state index contributed by atoms with van der Waals surface area (Å²) in [6.07, 6.45) is 0. The van der Waals surface area contributed by atoms with E-state index in [1.165, 1.54) is 61.2 Å². The predicted octanol–water partition coefficient (Wildman–Crippen LogP) is 13.4. The van der Waals surface area contributed by atoms with Crippen LogP contribution in [0, 0.1) is 6.92 Å². The van der Waals surface area contributed by atoms with Crippen LogP contribution in [0.3, 0.4) is 0 Å². The Hall–Kier alpha value is -6.64. The standard InChI is InChI=1S/C50H33NO/c1-32-19-21-33(22-20-32)34-23-25-36(26-24-34)51(35-11-3-2-4-12-35)37-27-28-39-38-13-5-8-16-43(38)50(46(39)31-37)44-17-9-6-15-42(44)48-45(50)30-29-41-40-14-7-10-18-47(40)52-49(41)48/h2-31H,1H3. The van der Waals surface area contributed by atoms with Gasteiger partial charge in [-0.05, 0) is 99.5 Å². The van der Waals surface area contributed by atoms with E-state index >= 15 is 0 Å². The van der Waals surface area contributed by atoms with Crippen molar-refractivity contribution < 1.29 is 4.42 Å². The minimum Gasteiger partial charge on any atom is -0.455 e. The molecule has 244 valence electrons. The normalized spacial score (nSPS) is 15.1. The third-order valence-electron chi connectivity index (χ3n) is 11.4. The van der Waals surface area contributed by atoms with Crippen molar-refractivity contribution in [3.05, 3.63) is 210 Å². The molecule has 9 aromatic rings. The van der Waals surface area contributed by atoms with Crippen LogP contribution in [0.4, 0.5) is 17.1 Å². The molecule has 2 heteroatoms. The van der Waals surface area contributed by atoms with Crippen molar-refractivity contribution in [3.63, 3.8) is 0 Å². The van der Waals surface area contributed by atoms with Gasteiger partial charge in [-0.1, -0.05) is 145 Å². The molecule has 0 saturated heterocycles. The number of rotatable bonds is 4. The molecule has 1 heterocycles. The van der Waals surface area contributed by atoms with E-state index in [0.29, 0.717) is 0 Å². The first-order chi connectivity index (χ1) is 25.7. The highest BCUT2D eigenvalue weighted by Gasteiger charge is 2.52. The second kappa shape index (κ2) is 10.9. The highest BCUT2D eigenvalue weighted by Crippen LogP contribution is 2.64. The van der Waals surface area contributed by atoms with Crippen LogP contribution in [-0.2, 0) is 5.41 Å². The van der Waals surface area contributed by atoms with Crippen LogP contribution in [-0.4, -0.2) is 0 Å². The van der Waals surface area contributed by atoms with E-state index in [0.717, 1.165) is 39.0 Å². The van der Waals surface area contributed by atoms with Crippen LogP contribution >= 0.6 is 0 Å². The molecular weight excluding hydrogens is 631 g/mol. The molecule has 2 nitrogen and oxygen atoms in total. The Kier molecular flexibility index (Phi) is 6.12. The summed E-state index contributed by atoms with van der Waals surface area (Å²) < 4.78 is 6.75. The summed E-state index contributed by atoms with van der Waals surface area (Å²) >= 11 is 0. The number of furan rings is 1. The molecule has 1 atom stereocenters. The van der Waals surface area contributed by atoms with E-state index in [9.17, 15) is 0 Å². The average molecular weight is 664 g/mol. The Labute approximate surface area is 302 Å². The highest BCUT2D eigenvalue weighted by molar-refractivity contribution is 6.13. The Morgan fingerprint density at radius 1 is 0.423 bits per heavy atom. The van der Waals surface area contributed by atoms with Crippen molar-refractivity contribution in [2.75, 3.05) is 4.90 Å². The molecule has 1 aromatic heterocycles. The average Bonchev–Trinajstić information content (AvgIpc) is 3.83. The van der Waals surface area contributed by atoms with Crippen LogP contribution in [0.2, 0.25) is 0 Å². The highest BCUT2D eigenvalue weighted by atomic mass is 16.3. The maximum Gasteiger partial charge on any atom is 0.143 e. The quantitative estimate of drug-likeness (QED) is 0.186. The van der Waals surface area contributed by atoms with Gasteiger partial charge in [0.15, 0.2) is 0 Å². The molecule has 1 spiro atoms. The zero-order chi connectivity index (χ0) is 34.4. The fourth-order valence-corrected chi connectivity index (χ4v) is 9.10. The van der Waals surface area contributed by atoms with Gasteiger partial charge < -0.3 is 9.32 Å². The van der Waals surface area contributed by atoms with E-state index in [-0.39, 0.29) is 0 Å².